The summed E-state index contributed by atoms with van der Waals surface area (Å²) in [6, 6.07) is 4.78. The minimum atomic E-state index is -4.64. The first-order valence-electron chi connectivity index (χ1n) is 6.69. The van der Waals surface area contributed by atoms with Crippen LogP contribution in [-0.2, 0) is 5.75 Å². The van der Waals surface area contributed by atoms with Gasteiger partial charge in [-0.15, -0.1) is 13.2 Å². The molecule has 0 saturated carbocycles. The van der Waals surface area contributed by atoms with E-state index < -0.39 is 6.36 Å². The van der Waals surface area contributed by atoms with Gasteiger partial charge in [0.2, 0.25) is 0 Å². The zero-order valence-electron chi connectivity index (χ0n) is 11.3. The molecule has 0 spiro atoms. The van der Waals surface area contributed by atoms with Crippen molar-refractivity contribution < 1.29 is 17.9 Å². The van der Waals surface area contributed by atoms with Gasteiger partial charge in [0.05, 0.1) is 0 Å². The topological polar surface area (TPSA) is 21.3 Å². The third-order valence-corrected chi connectivity index (χ3v) is 4.22. The third-order valence-electron chi connectivity index (χ3n) is 3.18. The molecular weight excluding hydrogens is 287 g/mol. The van der Waals surface area contributed by atoms with Gasteiger partial charge in [0.1, 0.15) is 5.75 Å². The highest BCUT2D eigenvalue weighted by Crippen LogP contribution is 2.34. The number of halogens is 3. The van der Waals surface area contributed by atoms with Crippen LogP contribution in [0.5, 0.6) is 5.75 Å². The van der Waals surface area contributed by atoms with Crippen LogP contribution in [0.1, 0.15) is 36.9 Å². The fourth-order valence-corrected chi connectivity index (χ4v) is 3.32. The summed E-state index contributed by atoms with van der Waals surface area (Å²) < 4.78 is 41.0. The Morgan fingerprint density at radius 1 is 1.40 bits per heavy atom. The molecule has 112 valence electrons. The first kappa shape index (κ1) is 15.5. The number of thioether (sulfide) groups is 1. The lowest BCUT2D eigenvalue weighted by Crippen LogP contribution is -2.23. The van der Waals surface area contributed by atoms with E-state index in [4.69, 9.17) is 0 Å². The average molecular weight is 305 g/mol. The van der Waals surface area contributed by atoms with Gasteiger partial charge >= 0.3 is 6.36 Å². The molecule has 0 bridgehead atoms. The molecule has 6 heteroatoms. The lowest BCUT2D eigenvalue weighted by molar-refractivity contribution is -0.274. The molecule has 1 atom stereocenters. The average Bonchev–Trinajstić information content (AvgIpc) is 2.56. The maximum Gasteiger partial charge on any atom is 0.573 e. The summed E-state index contributed by atoms with van der Waals surface area (Å²) in [5.74, 6) is 1.71. The molecule has 1 N–H and O–H groups in total. The van der Waals surface area contributed by atoms with Crippen LogP contribution in [-0.4, -0.2) is 18.7 Å². The maximum absolute atomic E-state index is 12.3. The minimum absolute atomic E-state index is 0.108. The van der Waals surface area contributed by atoms with Crippen molar-refractivity contribution in [3.63, 3.8) is 0 Å². The molecule has 2 rings (SSSR count). The van der Waals surface area contributed by atoms with Crippen LogP contribution in [0.3, 0.4) is 0 Å². The van der Waals surface area contributed by atoms with Crippen LogP contribution in [0.4, 0.5) is 13.2 Å². The lowest BCUT2D eigenvalue weighted by Gasteiger charge is -2.20. The Kier molecular flexibility index (Phi) is 5.21. The van der Waals surface area contributed by atoms with Gasteiger partial charge in [0.15, 0.2) is 0 Å². The molecule has 0 amide bonds. The molecule has 1 aromatic carbocycles. The second kappa shape index (κ2) is 6.72. The number of benzene rings is 1. The number of hydrogen-bond donors (Lipinski definition) is 1. The highest BCUT2D eigenvalue weighted by molar-refractivity contribution is 7.98. The number of fused-ring (bicyclic) bond motifs is 1. The van der Waals surface area contributed by atoms with Crippen molar-refractivity contribution in [2.75, 3.05) is 12.3 Å². The highest BCUT2D eigenvalue weighted by Gasteiger charge is 2.31. The molecule has 20 heavy (non-hydrogen) atoms. The van der Waals surface area contributed by atoms with E-state index in [1.54, 1.807) is 6.07 Å². The fourth-order valence-electron chi connectivity index (χ4n) is 2.30. The van der Waals surface area contributed by atoms with Gasteiger partial charge in [-0.1, -0.05) is 13.0 Å². The first-order chi connectivity index (χ1) is 9.49. The van der Waals surface area contributed by atoms with Crippen LogP contribution in [0.25, 0.3) is 0 Å². The smallest absolute Gasteiger partial charge is 0.406 e. The second-order valence-electron chi connectivity index (χ2n) is 4.76. The monoisotopic (exact) mass is 305 g/mol. The SMILES string of the molecule is CCCNC1CCSCc2ccc(OC(F)(F)F)cc21. The quantitative estimate of drug-likeness (QED) is 0.898. The van der Waals surface area contributed by atoms with Crippen molar-refractivity contribution in [1.29, 1.82) is 0 Å². The Balaban J connectivity index is 2.24. The second-order valence-corrected chi connectivity index (χ2v) is 5.86. The van der Waals surface area contributed by atoms with Gasteiger partial charge in [-0.2, -0.15) is 11.8 Å². The van der Waals surface area contributed by atoms with Crippen LogP contribution in [0.2, 0.25) is 0 Å². The Bertz CT molecular complexity index is 451. The molecule has 1 aromatic rings. The summed E-state index contributed by atoms with van der Waals surface area (Å²) in [6.07, 6.45) is -2.72. The third kappa shape index (κ3) is 4.31. The summed E-state index contributed by atoms with van der Waals surface area (Å²) in [7, 11) is 0. The van der Waals surface area contributed by atoms with Gasteiger partial charge in [0, 0.05) is 11.8 Å². The van der Waals surface area contributed by atoms with Crippen LogP contribution in [0.15, 0.2) is 18.2 Å². The van der Waals surface area contributed by atoms with E-state index in [9.17, 15) is 13.2 Å². The lowest BCUT2D eigenvalue weighted by atomic mass is 9.99. The van der Waals surface area contributed by atoms with Gasteiger partial charge in [0.25, 0.3) is 0 Å². The molecule has 0 aromatic heterocycles. The summed E-state index contributed by atoms with van der Waals surface area (Å²) in [5, 5.41) is 3.41. The minimum Gasteiger partial charge on any atom is -0.406 e. The Labute approximate surface area is 121 Å². The Hall–Kier alpha value is -0.880. The molecule has 1 aliphatic heterocycles. The van der Waals surface area contributed by atoms with Crippen LogP contribution < -0.4 is 10.1 Å². The molecular formula is C14H18F3NOS. The summed E-state index contributed by atoms with van der Waals surface area (Å²) in [4.78, 5) is 0. The van der Waals surface area contributed by atoms with E-state index in [0.29, 0.717) is 0 Å². The Morgan fingerprint density at radius 2 is 2.20 bits per heavy atom. The van der Waals surface area contributed by atoms with E-state index in [2.05, 4.69) is 17.0 Å². The van der Waals surface area contributed by atoms with Gasteiger partial charge in [-0.3, -0.25) is 0 Å². The van der Waals surface area contributed by atoms with Crippen molar-refractivity contribution in [2.45, 2.75) is 37.9 Å². The maximum atomic E-state index is 12.3. The summed E-state index contributed by atoms with van der Waals surface area (Å²) in [5.41, 5.74) is 2.03. The summed E-state index contributed by atoms with van der Waals surface area (Å²) >= 11 is 1.81. The molecule has 0 fully saturated rings. The normalized spacial score (nSPS) is 19.3. The van der Waals surface area contributed by atoms with Crippen LogP contribution >= 0.6 is 11.8 Å². The standard InChI is InChI=1S/C14H18F3NOS/c1-2-6-18-13-5-7-20-9-10-3-4-11(8-12(10)13)19-14(15,16)17/h3-4,8,13,18H,2,5-7,9H2,1H3. The number of nitrogens with one attached hydrogen (secondary N) is 1. The van der Waals surface area contributed by atoms with E-state index in [-0.39, 0.29) is 11.8 Å². The van der Waals surface area contributed by atoms with E-state index >= 15 is 0 Å². The number of alkyl halides is 3. The zero-order chi connectivity index (χ0) is 14.6. The van der Waals surface area contributed by atoms with Crippen molar-refractivity contribution in [3.8, 4) is 5.75 Å². The molecule has 1 heterocycles. The van der Waals surface area contributed by atoms with Crippen molar-refractivity contribution in [1.82, 2.24) is 5.32 Å². The van der Waals surface area contributed by atoms with Gasteiger partial charge in [-0.25, -0.2) is 0 Å². The predicted octanol–water partition coefficient (Wildman–Crippen LogP) is 4.26. The molecule has 0 saturated heterocycles. The van der Waals surface area contributed by atoms with Gasteiger partial charge < -0.3 is 10.1 Å². The van der Waals surface area contributed by atoms with Crippen LogP contribution in [0, 0.1) is 0 Å². The molecule has 2 nitrogen and oxygen atoms in total. The largest absolute Gasteiger partial charge is 0.573 e. The molecule has 0 radical (unpaired) electrons. The van der Waals surface area contributed by atoms with Crippen molar-refractivity contribution in [2.24, 2.45) is 0 Å². The fraction of sp³-hybridized carbons (Fsp3) is 0.571. The first-order valence-corrected chi connectivity index (χ1v) is 7.85. The van der Waals surface area contributed by atoms with E-state index in [1.807, 2.05) is 11.8 Å². The van der Waals surface area contributed by atoms with Crippen molar-refractivity contribution >= 4 is 11.8 Å². The Morgan fingerprint density at radius 3 is 2.90 bits per heavy atom. The van der Waals surface area contributed by atoms with Crippen molar-refractivity contribution in [3.05, 3.63) is 29.3 Å². The van der Waals surface area contributed by atoms with Gasteiger partial charge in [-0.05, 0) is 48.4 Å². The molecule has 0 aliphatic carbocycles. The van der Waals surface area contributed by atoms with E-state index in [0.717, 1.165) is 42.0 Å². The highest BCUT2D eigenvalue weighted by atomic mass is 32.2. The van der Waals surface area contributed by atoms with E-state index in [1.165, 1.54) is 12.1 Å². The zero-order valence-corrected chi connectivity index (χ0v) is 12.1. The summed E-state index contributed by atoms with van der Waals surface area (Å²) in [6.45, 7) is 2.93. The number of rotatable bonds is 4. The molecule has 1 unspecified atom stereocenters. The predicted molar refractivity (Wildman–Crippen MR) is 74.9 cm³/mol. The number of hydrogen-bond acceptors (Lipinski definition) is 3. The number of ether oxygens (including phenoxy) is 1. The molecule has 1 aliphatic rings.